The molecule has 2 heterocycles. The highest BCUT2D eigenvalue weighted by molar-refractivity contribution is 6.07. The highest BCUT2D eigenvalue weighted by Gasteiger charge is 2.35. The predicted molar refractivity (Wildman–Crippen MR) is 89.9 cm³/mol. The summed E-state index contributed by atoms with van der Waals surface area (Å²) in [5.74, 6) is -1.31. The molecule has 2 amide bonds. The van der Waals surface area contributed by atoms with Crippen molar-refractivity contribution in [3.05, 3.63) is 59.7 Å². The number of carbonyl (C=O) groups excluding carboxylic acids is 3. The first kappa shape index (κ1) is 14.6. The molecule has 0 radical (unpaired) electrons. The number of hydrogen-bond acceptors (Lipinski definition) is 3. The number of Topliss-reactive ketones (excluding diaryl/α,β-unsaturated/α-hetero) is 1. The second-order valence-electron chi connectivity index (χ2n) is 6.21. The summed E-state index contributed by atoms with van der Waals surface area (Å²) in [5, 5.41) is 5.60. The van der Waals surface area contributed by atoms with Gasteiger partial charge in [0.15, 0.2) is 0 Å². The van der Waals surface area contributed by atoms with Crippen molar-refractivity contribution in [1.29, 1.82) is 0 Å². The van der Waals surface area contributed by atoms with Crippen LogP contribution in [0, 0.1) is 0 Å². The largest absolute Gasteiger partial charge is 0.325 e. The lowest BCUT2D eigenvalue weighted by molar-refractivity contribution is -0.125. The standard InChI is InChI=1S/C19H16N2O3/c22-11(9-14-12-5-1-3-7-16(12)20-18(14)23)10-15-13-6-2-4-8-17(13)21-19(15)24/h1-8,14-15H,9-10H2,(H,20,23)(H,21,24)/t14-,15-/m0/s1. The maximum atomic E-state index is 12.5. The summed E-state index contributed by atoms with van der Waals surface area (Å²) in [5.41, 5.74) is 3.24. The number of hydrogen-bond donors (Lipinski definition) is 2. The van der Waals surface area contributed by atoms with E-state index in [0.29, 0.717) is 0 Å². The van der Waals surface area contributed by atoms with E-state index in [-0.39, 0.29) is 30.4 Å². The van der Waals surface area contributed by atoms with Crippen LogP contribution in [0.4, 0.5) is 11.4 Å². The van der Waals surface area contributed by atoms with Crippen LogP contribution in [0.1, 0.15) is 35.8 Å². The minimum absolute atomic E-state index is 0.0799. The van der Waals surface area contributed by atoms with Gasteiger partial charge in [0.05, 0.1) is 11.8 Å². The van der Waals surface area contributed by atoms with E-state index in [1.165, 1.54) is 0 Å². The predicted octanol–water partition coefficient (Wildman–Crippen LogP) is 2.81. The van der Waals surface area contributed by atoms with Crippen molar-refractivity contribution in [2.75, 3.05) is 10.6 Å². The number of benzene rings is 2. The molecule has 0 saturated heterocycles. The van der Waals surface area contributed by atoms with Crippen LogP contribution >= 0.6 is 0 Å². The van der Waals surface area contributed by atoms with Crippen molar-refractivity contribution >= 4 is 29.0 Å². The fraction of sp³-hybridized carbons (Fsp3) is 0.211. The van der Waals surface area contributed by atoms with E-state index in [0.717, 1.165) is 22.5 Å². The topological polar surface area (TPSA) is 75.3 Å². The van der Waals surface area contributed by atoms with Gasteiger partial charge >= 0.3 is 0 Å². The number of carbonyl (C=O) groups is 3. The average Bonchev–Trinajstić information content (AvgIpc) is 3.05. The minimum Gasteiger partial charge on any atom is -0.325 e. The Morgan fingerprint density at radius 2 is 1.17 bits per heavy atom. The molecule has 2 aromatic carbocycles. The summed E-state index contributed by atoms with van der Waals surface area (Å²) in [6, 6.07) is 14.8. The van der Waals surface area contributed by atoms with E-state index >= 15 is 0 Å². The van der Waals surface area contributed by atoms with Crippen LogP contribution in [0.3, 0.4) is 0 Å². The van der Waals surface area contributed by atoms with Crippen LogP contribution in [-0.4, -0.2) is 17.6 Å². The second-order valence-corrected chi connectivity index (χ2v) is 6.21. The van der Waals surface area contributed by atoms with Gasteiger partial charge in [-0.05, 0) is 23.3 Å². The van der Waals surface area contributed by atoms with Crippen LogP contribution in [0.25, 0.3) is 0 Å². The second kappa shape index (κ2) is 5.60. The van der Waals surface area contributed by atoms with Crippen molar-refractivity contribution in [3.63, 3.8) is 0 Å². The molecule has 24 heavy (non-hydrogen) atoms. The molecule has 4 rings (SSSR count). The van der Waals surface area contributed by atoms with Gasteiger partial charge in [0, 0.05) is 24.2 Å². The van der Waals surface area contributed by atoms with Gasteiger partial charge in [-0.15, -0.1) is 0 Å². The van der Waals surface area contributed by atoms with Gasteiger partial charge in [0.2, 0.25) is 11.8 Å². The fourth-order valence-corrected chi connectivity index (χ4v) is 3.50. The molecule has 2 N–H and O–H groups in total. The lowest BCUT2D eigenvalue weighted by Gasteiger charge is -2.11. The van der Waals surface area contributed by atoms with E-state index in [4.69, 9.17) is 0 Å². The summed E-state index contributed by atoms with van der Waals surface area (Å²) >= 11 is 0. The van der Waals surface area contributed by atoms with Crippen LogP contribution < -0.4 is 10.6 Å². The van der Waals surface area contributed by atoms with Crippen LogP contribution in [0.2, 0.25) is 0 Å². The summed E-state index contributed by atoms with van der Waals surface area (Å²) in [7, 11) is 0. The van der Waals surface area contributed by atoms with Gasteiger partial charge in [-0.25, -0.2) is 0 Å². The Bertz CT molecular complexity index is 790. The number of amides is 2. The molecular weight excluding hydrogens is 304 g/mol. The van der Waals surface area contributed by atoms with E-state index in [1.807, 2.05) is 48.5 Å². The van der Waals surface area contributed by atoms with E-state index in [9.17, 15) is 14.4 Å². The van der Waals surface area contributed by atoms with Crippen molar-refractivity contribution < 1.29 is 14.4 Å². The number of ketones is 1. The van der Waals surface area contributed by atoms with Gasteiger partial charge in [-0.3, -0.25) is 14.4 Å². The first-order chi connectivity index (χ1) is 11.6. The zero-order chi connectivity index (χ0) is 16.7. The minimum atomic E-state index is -0.464. The van der Waals surface area contributed by atoms with Crippen molar-refractivity contribution in [2.24, 2.45) is 0 Å². The molecule has 0 unspecified atom stereocenters. The molecule has 2 aliphatic rings. The summed E-state index contributed by atoms with van der Waals surface area (Å²) < 4.78 is 0. The first-order valence-electron chi connectivity index (χ1n) is 7.95. The highest BCUT2D eigenvalue weighted by Crippen LogP contribution is 2.38. The SMILES string of the molecule is O=C(C[C@@H]1C(=O)Nc2ccccc21)C[C@@H]1C(=O)Nc2ccccc21. The zero-order valence-corrected chi connectivity index (χ0v) is 12.9. The Kier molecular flexibility index (Phi) is 3.41. The highest BCUT2D eigenvalue weighted by atomic mass is 16.2. The Morgan fingerprint density at radius 1 is 0.750 bits per heavy atom. The monoisotopic (exact) mass is 320 g/mol. The summed E-state index contributed by atoms with van der Waals surface area (Å²) in [6.07, 6.45) is 0.240. The number of rotatable bonds is 4. The molecule has 0 spiro atoms. The molecule has 2 aromatic rings. The zero-order valence-electron chi connectivity index (χ0n) is 12.9. The Labute approximate surface area is 139 Å². The van der Waals surface area contributed by atoms with Crippen molar-refractivity contribution in [1.82, 2.24) is 0 Å². The molecule has 0 saturated carbocycles. The fourth-order valence-electron chi connectivity index (χ4n) is 3.50. The maximum Gasteiger partial charge on any atom is 0.232 e. The Morgan fingerprint density at radius 3 is 1.62 bits per heavy atom. The smallest absolute Gasteiger partial charge is 0.232 e. The summed E-state index contributed by atoms with van der Waals surface area (Å²) in [6.45, 7) is 0. The molecule has 5 heteroatoms. The van der Waals surface area contributed by atoms with Crippen molar-refractivity contribution in [3.8, 4) is 0 Å². The van der Waals surface area contributed by atoms with Gasteiger partial charge < -0.3 is 10.6 Å². The number of fused-ring (bicyclic) bond motifs is 2. The molecule has 2 aliphatic heterocycles. The van der Waals surface area contributed by atoms with Crippen LogP contribution in [-0.2, 0) is 14.4 Å². The van der Waals surface area contributed by atoms with Crippen LogP contribution in [0.5, 0.6) is 0 Å². The van der Waals surface area contributed by atoms with Crippen LogP contribution in [0.15, 0.2) is 48.5 Å². The van der Waals surface area contributed by atoms with E-state index < -0.39 is 11.8 Å². The summed E-state index contributed by atoms with van der Waals surface area (Å²) in [4.78, 5) is 36.8. The lowest BCUT2D eigenvalue weighted by Crippen LogP contribution is -2.20. The molecule has 0 bridgehead atoms. The third-order valence-corrected chi connectivity index (χ3v) is 4.68. The number of nitrogens with one attached hydrogen (secondary N) is 2. The van der Waals surface area contributed by atoms with Crippen molar-refractivity contribution in [2.45, 2.75) is 24.7 Å². The third-order valence-electron chi connectivity index (χ3n) is 4.68. The molecule has 0 fully saturated rings. The molecule has 0 aliphatic carbocycles. The maximum absolute atomic E-state index is 12.5. The molecular formula is C19H16N2O3. The number of para-hydroxylation sites is 2. The number of anilines is 2. The Balaban J connectivity index is 1.50. The molecule has 5 nitrogen and oxygen atoms in total. The van der Waals surface area contributed by atoms with Gasteiger partial charge in [-0.1, -0.05) is 36.4 Å². The van der Waals surface area contributed by atoms with Gasteiger partial charge in [0.1, 0.15) is 5.78 Å². The van der Waals surface area contributed by atoms with E-state index in [1.54, 1.807) is 0 Å². The normalized spacial score (nSPS) is 21.0. The molecule has 120 valence electrons. The van der Waals surface area contributed by atoms with E-state index in [2.05, 4.69) is 10.6 Å². The quantitative estimate of drug-likeness (QED) is 0.909. The lowest BCUT2D eigenvalue weighted by atomic mass is 9.89. The van der Waals surface area contributed by atoms with Gasteiger partial charge in [-0.2, -0.15) is 0 Å². The third kappa shape index (κ3) is 2.38. The average molecular weight is 320 g/mol. The molecule has 0 aromatic heterocycles. The molecule has 2 atom stereocenters. The first-order valence-corrected chi connectivity index (χ1v) is 7.95. The van der Waals surface area contributed by atoms with Gasteiger partial charge in [0.25, 0.3) is 0 Å². The Hall–Kier alpha value is -2.95.